The molecule has 0 spiro atoms. The molecular weight excluding hydrogens is 326 g/mol. The third kappa shape index (κ3) is 3.80. The fraction of sp³-hybridized carbons (Fsp3) is 0.278. The fourth-order valence-corrected chi connectivity index (χ4v) is 3.00. The van der Waals surface area contributed by atoms with Crippen molar-refractivity contribution in [1.29, 1.82) is 0 Å². The van der Waals surface area contributed by atoms with Gasteiger partial charge in [0.05, 0.1) is 19.8 Å². The standard InChI is InChI=1S/C18H20ClN3O2/c1-23-11-13-4-2-3-5-16(13)22-18(20)21-10-14-9-15(19)8-12-6-7-24-17(12)14/h2-5,8-9H,6-7,10-11H2,1H3,(H3,20,21,22). The maximum atomic E-state index is 6.16. The first-order chi connectivity index (χ1) is 11.7. The Balaban J connectivity index is 1.74. The number of nitrogens with zero attached hydrogens (tertiary/aromatic N) is 1. The monoisotopic (exact) mass is 345 g/mol. The third-order valence-electron chi connectivity index (χ3n) is 3.83. The topological polar surface area (TPSA) is 68.9 Å². The molecule has 6 heteroatoms. The van der Waals surface area contributed by atoms with Crippen LogP contribution in [-0.2, 0) is 24.3 Å². The highest BCUT2D eigenvalue weighted by Crippen LogP contribution is 2.33. The first kappa shape index (κ1) is 16.6. The molecule has 0 aliphatic carbocycles. The zero-order valence-electron chi connectivity index (χ0n) is 13.5. The SMILES string of the molecule is COCc1ccccc1NC(N)=NCc1cc(Cl)cc2c1OCC2. The van der Waals surface area contributed by atoms with Gasteiger partial charge in [0.1, 0.15) is 5.75 Å². The average Bonchev–Trinajstić information content (AvgIpc) is 3.03. The summed E-state index contributed by atoms with van der Waals surface area (Å²) in [6, 6.07) is 11.6. The van der Waals surface area contributed by atoms with Gasteiger partial charge in [-0.05, 0) is 23.8 Å². The molecule has 0 radical (unpaired) electrons. The van der Waals surface area contributed by atoms with E-state index in [9.17, 15) is 0 Å². The second-order valence-electron chi connectivity index (χ2n) is 5.57. The number of anilines is 1. The van der Waals surface area contributed by atoms with Crippen LogP contribution in [0.15, 0.2) is 41.4 Å². The predicted octanol–water partition coefficient (Wildman–Crippen LogP) is 3.35. The number of para-hydroxylation sites is 1. The number of methoxy groups -OCH3 is 1. The van der Waals surface area contributed by atoms with Crippen LogP contribution in [0.1, 0.15) is 16.7 Å². The molecule has 0 bridgehead atoms. The predicted molar refractivity (Wildman–Crippen MR) is 96.8 cm³/mol. The van der Waals surface area contributed by atoms with Gasteiger partial charge >= 0.3 is 0 Å². The molecule has 1 heterocycles. The summed E-state index contributed by atoms with van der Waals surface area (Å²) in [5.41, 5.74) is 10.0. The maximum Gasteiger partial charge on any atom is 0.193 e. The van der Waals surface area contributed by atoms with Crippen LogP contribution in [0.25, 0.3) is 0 Å². The molecule has 1 aliphatic rings. The normalized spacial score (nSPS) is 13.5. The lowest BCUT2D eigenvalue weighted by molar-refractivity contribution is 0.185. The van der Waals surface area contributed by atoms with Crippen LogP contribution in [0.4, 0.5) is 5.69 Å². The molecule has 2 aromatic carbocycles. The Hall–Kier alpha value is -2.24. The highest BCUT2D eigenvalue weighted by molar-refractivity contribution is 6.30. The van der Waals surface area contributed by atoms with E-state index < -0.39 is 0 Å². The van der Waals surface area contributed by atoms with Crippen molar-refractivity contribution >= 4 is 23.2 Å². The van der Waals surface area contributed by atoms with Crippen molar-refractivity contribution in [1.82, 2.24) is 0 Å². The van der Waals surface area contributed by atoms with Crippen LogP contribution in [0.5, 0.6) is 5.75 Å². The number of nitrogens with two attached hydrogens (primary N) is 1. The number of guanidine groups is 1. The van der Waals surface area contributed by atoms with Gasteiger partial charge in [0.15, 0.2) is 5.96 Å². The van der Waals surface area contributed by atoms with E-state index in [1.807, 2.05) is 36.4 Å². The number of aliphatic imine (C=N–C) groups is 1. The fourth-order valence-electron chi connectivity index (χ4n) is 2.73. The van der Waals surface area contributed by atoms with E-state index in [-0.39, 0.29) is 0 Å². The number of rotatable bonds is 5. The van der Waals surface area contributed by atoms with Gasteiger partial charge in [0.25, 0.3) is 0 Å². The van der Waals surface area contributed by atoms with Crippen LogP contribution in [-0.4, -0.2) is 19.7 Å². The summed E-state index contributed by atoms with van der Waals surface area (Å²) in [5.74, 6) is 1.22. The van der Waals surface area contributed by atoms with Crippen molar-refractivity contribution in [2.24, 2.45) is 10.7 Å². The zero-order chi connectivity index (χ0) is 16.9. The summed E-state index contributed by atoms with van der Waals surface area (Å²) in [7, 11) is 1.66. The Morgan fingerprint density at radius 3 is 3.00 bits per heavy atom. The Kier molecular flexibility index (Phi) is 5.23. The lowest BCUT2D eigenvalue weighted by Crippen LogP contribution is -2.23. The summed E-state index contributed by atoms with van der Waals surface area (Å²) in [4.78, 5) is 4.41. The minimum absolute atomic E-state index is 0.338. The van der Waals surface area contributed by atoms with E-state index in [0.717, 1.165) is 34.5 Å². The number of hydrogen-bond acceptors (Lipinski definition) is 3. The van der Waals surface area contributed by atoms with Crippen molar-refractivity contribution in [3.63, 3.8) is 0 Å². The van der Waals surface area contributed by atoms with Gasteiger partial charge in [-0.2, -0.15) is 0 Å². The molecule has 2 aromatic rings. The smallest absolute Gasteiger partial charge is 0.193 e. The first-order valence-corrected chi connectivity index (χ1v) is 8.13. The van der Waals surface area contributed by atoms with Gasteiger partial charge in [0, 0.05) is 35.4 Å². The van der Waals surface area contributed by atoms with Gasteiger partial charge < -0.3 is 20.5 Å². The molecule has 3 rings (SSSR count). The lowest BCUT2D eigenvalue weighted by atomic mass is 10.1. The van der Waals surface area contributed by atoms with E-state index in [1.54, 1.807) is 7.11 Å². The zero-order valence-corrected chi connectivity index (χ0v) is 14.3. The molecule has 0 aromatic heterocycles. The Morgan fingerprint density at radius 2 is 2.17 bits per heavy atom. The number of halogens is 1. The van der Waals surface area contributed by atoms with Crippen molar-refractivity contribution in [3.05, 3.63) is 58.1 Å². The van der Waals surface area contributed by atoms with Crippen molar-refractivity contribution in [2.75, 3.05) is 19.0 Å². The number of ether oxygens (including phenoxy) is 2. The van der Waals surface area contributed by atoms with Gasteiger partial charge in [0.2, 0.25) is 0 Å². The molecular formula is C18H20ClN3O2. The van der Waals surface area contributed by atoms with Crippen LogP contribution < -0.4 is 15.8 Å². The van der Waals surface area contributed by atoms with E-state index in [1.165, 1.54) is 0 Å². The first-order valence-electron chi connectivity index (χ1n) is 7.75. The van der Waals surface area contributed by atoms with Crippen molar-refractivity contribution in [2.45, 2.75) is 19.6 Å². The third-order valence-corrected chi connectivity index (χ3v) is 4.04. The summed E-state index contributed by atoms with van der Waals surface area (Å²) >= 11 is 6.16. The molecule has 3 N–H and O–H groups in total. The van der Waals surface area contributed by atoms with Gasteiger partial charge in [-0.3, -0.25) is 0 Å². The van der Waals surface area contributed by atoms with E-state index >= 15 is 0 Å². The minimum Gasteiger partial charge on any atom is -0.493 e. The molecule has 0 fully saturated rings. The highest BCUT2D eigenvalue weighted by Gasteiger charge is 2.17. The van der Waals surface area contributed by atoms with Crippen LogP contribution in [0, 0.1) is 0 Å². The molecule has 5 nitrogen and oxygen atoms in total. The molecule has 24 heavy (non-hydrogen) atoms. The van der Waals surface area contributed by atoms with Gasteiger partial charge in [-0.15, -0.1) is 0 Å². The number of fused-ring (bicyclic) bond motifs is 1. The Bertz CT molecular complexity index is 762. The van der Waals surface area contributed by atoms with Crippen molar-refractivity contribution < 1.29 is 9.47 Å². The summed E-state index contributed by atoms with van der Waals surface area (Å²) in [6.45, 7) is 1.60. The maximum absolute atomic E-state index is 6.16. The second kappa shape index (κ2) is 7.55. The van der Waals surface area contributed by atoms with E-state index in [0.29, 0.717) is 30.7 Å². The average molecular weight is 346 g/mol. The summed E-state index contributed by atoms with van der Waals surface area (Å²) in [5, 5.41) is 3.82. The van der Waals surface area contributed by atoms with Crippen LogP contribution in [0.3, 0.4) is 0 Å². The highest BCUT2D eigenvalue weighted by atomic mass is 35.5. The lowest BCUT2D eigenvalue weighted by Gasteiger charge is -2.11. The second-order valence-corrected chi connectivity index (χ2v) is 6.00. The van der Waals surface area contributed by atoms with Gasteiger partial charge in [-0.1, -0.05) is 29.8 Å². The van der Waals surface area contributed by atoms with E-state index in [2.05, 4.69) is 10.3 Å². The molecule has 0 atom stereocenters. The number of nitrogens with one attached hydrogen (secondary N) is 1. The Morgan fingerprint density at radius 1 is 1.33 bits per heavy atom. The van der Waals surface area contributed by atoms with Crippen molar-refractivity contribution in [3.8, 4) is 5.75 Å². The number of benzene rings is 2. The molecule has 0 unspecified atom stereocenters. The molecule has 0 saturated heterocycles. The van der Waals surface area contributed by atoms with Gasteiger partial charge in [-0.25, -0.2) is 4.99 Å². The van der Waals surface area contributed by atoms with Crippen LogP contribution >= 0.6 is 11.6 Å². The minimum atomic E-state index is 0.338. The molecule has 0 saturated carbocycles. The number of hydrogen-bond donors (Lipinski definition) is 2. The largest absolute Gasteiger partial charge is 0.493 e. The van der Waals surface area contributed by atoms with Crippen LogP contribution in [0.2, 0.25) is 5.02 Å². The molecule has 1 aliphatic heterocycles. The van der Waals surface area contributed by atoms with E-state index in [4.69, 9.17) is 26.8 Å². The molecule has 0 amide bonds. The Labute approximate surface area is 146 Å². The molecule has 126 valence electrons. The quantitative estimate of drug-likeness (QED) is 0.644. The summed E-state index contributed by atoms with van der Waals surface area (Å²) < 4.78 is 10.9. The summed E-state index contributed by atoms with van der Waals surface area (Å²) in [6.07, 6.45) is 0.880.